The molecule has 1 unspecified atom stereocenters. The van der Waals surface area contributed by atoms with Crippen LogP contribution in [0, 0.1) is 0 Å². The van der Waals surface area contributed by atoms with Gasteiger partial charge in [0.05, 0.1) is 11.7 Å². The lowest BCUT2D eigenvalue weighted by Crippen LogP contribution is -2.34. The molecule has 2 aromatic rings. The van der Waals surface area contributed by atoms with Gasteiger partial charge in [0.1, 0.15) is 5.75 Å². The van der Waals surface area contributed by atoms with E-state index in [0.717, 1.165) is 25.7 Å². The monoisotopic (exact) mass is 310 g/mol. The lowest BCUT2D eigenvalue weighted by molar-refractivity contribution is 0.175. The van der Waals surface area contributed by atoms with Gasteiger partial charge in [0.15, 0.2) is 11.9 Å². The summed E-state index contributed by atoms with van der Waals surface area (Å²) in [5.74, 6) is 1.70. The predicted octanol–water partition coefficient (Wildman–Crippen LogP) is 2.75. The zero-order valence-corrected chi connectivity index (χ0v) is 12.7. The Hall–Kier alpha value is -1.66. The molecule has 7 heteroatoms. The van der Waals surface area contributed by atoms with E-state index in [1.807, 2.05) is 19.1 Å². The van der Waals surface area contributed by atoms with Gasteiger partial charge in [0.25, 0.3) is 5.89 Å². The number of halogens is 1. The van der Waals surface area contributed by atoms with E-state index in [2.05, 4.69) is 15.1 Å². The molecule has 0 amide bonds. The number of rotatable bonds is 4. The Morgan fingerprint density at radius 3 is 2.81 bits per heavy atom. The average Bonchev–Trinajstić information content (AvgIpc) is 3.09. The van der Waals surface area contributed by atoms with Crippen molar-refractivity contribution in [2.24, 2.45) is 5.73 Å². The molecule has 1 aliphatic rings. The van der Waals surface area contributed by atoms with Gasteiger partial charge >= 0.3 is 0 Å². The number of pyridine rings is 1. The van der Waals surface area contributed by atoms with Crippen LogP contribution in [-0.4, -0.2) is 15.1 Å². The van der Waals surface area contributed by atoms with Crippen molar-refractivity contribution in [1.29, 1.82) is 0 Å². The van der Waals surface area contributed by atoms with Crippen LogP contribution in [0.5, 0.6) is 5.75 Å². The highest BCUT2D eigenvalue weighted by Gasteiger charge is 2.36. The first-order valence-electron chi connectivity index (χ1n) is 6.87. The SMILES string of the molecule is CC(Oc1cccnc1)c1nc(C2(N)CCCC2)no1.Cl. The van der Waals surface area contributed by atoms with E-state index in [4.69, 9.17) is 15.0 Å². The van der Waals surface area contributed by atoms with Gasteiger partial charge in [0.2, 0.25) is 0 Å². The first kappa shape index (κ1) is 15.7. The second-order valence-electron chi connectivity index (χ2n) is 5.27. The van der Waals surface area contributed by atoms with Gasteiger partial charge in [-0.2, -0.15) is 4.98 Å². The van der Waals surface area contributed by atoms with Gasteiger partial charge in [-0.05, 0) is 31.9 Å². The smallest absolute Gasteiger partial charge is 0.267 e. The number of nitrogens with zero attached hydrogens (tertiary/aromatic N) is 3. The van der Waals surface area contributed by atoms with E-state index in [1.165, 1.54) is 0 Å². The lowest BCUT2D eigenvalue weighted by atomic mass is 9.99. The molecule has 2 heterocycles. The molecule has 0 bridgehead atoms. The van der Waals surface area contributed by atoms with Crippen molar-refractivity contribution < 1.29 is 9.26 Å². The quantitative estimate of drug-likeness (QED) is 0.934. The number of aromatic nitrogens is 3. The lowest BCUT2D eigenvalue weighted by Gasteiger charge is -2.17. The largest absolute Gasteiger partial charge is 0.479 e. The van der Waals surface area contributed by atoms with Crippen LogP contribution in [0.4, 0.5) is 0 Å². The van der Waals surface area contributed by atoms with Crippen LogP contribution in [-0.2, 0) is 5.54 Å². The number of nitrogens with two attached hydrogens (primary N) is 1. The number of ether oxygens (including phenoxy) is 1. The van der Waals surface area contributed by atoms with Gasteiger partial charge in [-0.25, -0.2) is 0 Å². The zero-order valence-electron chi connectivity index (χ0n) is 11.9. The third-order valence-electron chi connectivity index (χ3n) is 3.68. The summed E-state index contributed by atoms with van der Waals surface area (Å²) in [4.78, 5) is 8.41. The molecule has 2 N–H and O–H groups in total. The fourth-order valence-electron chi connectivity index (χ4n) is 2.50. The van der Waals surface area contributed by atoms with Crippen LogP contribution in [0.15, 0.2) is 29.0 Å². The Morgan fingerprint density at radius 2 is 2.14 bits per heavy atom. The molecule has 0 saturated heterocycles. The fourth-order valence-corrected chi connectivity index (χ4v) is 2.50. The fraction of sp³-hybridized carbons (Fsp3) is 0.500. The minimum Gasteiger partial charge on any atom is -0.479 e. The molecular formula is C14H19ClN4O2. The molecule has 1 aliphatic carbocycles. The van der Waals surface area contributed by atoms with Crippen LogP contribution in [0.1, 0.15) is 50.4 Å². The molecule has 1 atom stereocenters. The molecule has 21 heavy (non-hydrogen) atoms. The molecular weight excluding hydrogens is 292 g/mol. The second kappa shape index (κ2) is 6.41. The van der Waals surface area contributed by atoms with E-state index in [-0.39, 0.29) is 18.5 Å². The van der Waals surface area contributed by atoms with Crippen LogP contribution < -0.4 is 10.5 Å². The summed E-state index contributed by atoms with van der Waals surface area (Å²) in [6.07, 6.45) is 7.05. The van der Waals surface area contributed by atoms with Crippen molar-refractivity contribution >= 4 is 12.4 Å². The Kier molecular flexibility index (Phi) is 4.80. The Balaban J connectivity index is 0.00000161. The maximum Gasteiger partial charge on any atom is 0.267 e. The van der Waals surface area contributed by atoms with Gasteiger partial charge in [-0.3, -0.25) is 4.98 Å². The number of hydrogen-bond donors (Lipinski definition) is 1. The van der Waals surface area contributed by atoms with Gasteiger partial charge in [0, 0.05) is 6.20 Å². The van der Waals surface area contributed by atoms with Crippen LogP contribution in [0.3, 0.4) is 0 Å². The van der Waals surface area contributed by atoms with E-state index < -0.39 is 5.54 Å². The third kappa shape index (κ3) is 3.33. The van der Waals surface area contributed by atoms with Crippen molar-refractivity contribution in [2.45, 2.75) is 44.2 Å². The van der Waals surface area contributed by atoms with Gasteiger partial charge < -0.3 is 15.0 Å². The highest BCUT2D eigenvalue weighted by Crippen LogP contribution is 2.35. The standard InChI is InChI=1S/C14H18N4O2.ClH/c1-10(19-11-5-4-8-16-9-11)12-17-13(18-20-12)14(15)6-2-3-7-14;/h4-5,8-10H,2-3,6-7,15H2,1H3;1H. The van der Waals surface area contributed by atoms with Crippen molar-refractivity contribution in [2.75, 3.05) is 0 Å². The Labute approximate surface area is 129 Å². The summed E-state index contributed by atoms with van der Waals surface area (Å²) in [7, 11) is 0. The molecule has 1 saturated carbocycles. The maximum absolute atomic E-state index is 6.31. The summed E-state index contributed by atoms with van der Waals surface area (Å²) in [6, 6.07) is 3.65. The molecule has 1 fully saturated rings. The van der Waals surface area contributed by atoms with E-state index in [9.17, 15) is 0 Å². The molecule has 6 nitrogen and oxygen atoms in total. The second-order valence-corrected chi connectivity index (χ2v) is 5.27. The normalized spacial score (nSPS) is 18.0. The first-order chi connectivity index (χ1) is 9.67. The van der Waals surface area contributed by atoms with E-state index >= 15 is 0 Å². The van der Waals surface area contributed by atoms with Crippen LogP contribution in [0.25, 0.3) is 0 Å². The van der Waals surface area contributed by atoms with Crippen LogP contribution >= 0.6 is 12.4 Å². The third-order valence-corrected chi connectivity index (χ3v) is 3.68. The molecule has 2 aromatic heterocycles. The molecule has 0 radical (unpaired) electrons. The zero-order chi connectivity index (χ0) is 14.0. The Morgan fingerprint density at radius 1 is 1.38 bits per heavy atom. The summed E-state index contributed by atoms with van der Waals surface area (Å²) < 4.78 is 11.0. The summed E-state index contributed by atoms with van der Waals surface area (Å²) in [5, 5.41) is 4.03. The molecule has 0 aliphatic heterocycles. The van der Waals surface area contributed by atoms with Crippen molar-refractivity contribution in [3.63, 3.8) is 0 Å². The number of hydrogen-bond acceptors (Lipinski definition) is 6. The van der Waals surface area contributed by atoms with Gasteiger partial charge in [-0.1, -0.05) is 18.0 Å². The van der Waals surface area contributed by atoms with Gasteiger partial charge in [-0.15, -0.1) is 12.4 Å². The molecule has 0 spiro atoms. The first-order valence-corrected chi connectivity index (χ1v) is 6.87. The highest BCUT2D eigenvalue weighted by molar-refractivity contribution is 5.85. The summed E-state index contributed by atoms with van der Waals surface area (Å²) in [5.41, 5.74) is 5.88. The molecule has 0 aromatic carbocycles. The minimum atomic E-state index is -0.435. The topological polar surface area (TPSA) is 87.1 Å². The highest BCUT2D eigenvalue weighted by atomic mass is 35.5. The molecule has 114 valence electrons. The average molecular weight is 311 g/mol. The summed E-state index contributed by atoms with van der Waals surface area (Å²) >= 11 is 0. The van der Waals surface area contributed by atoms with E-state index in [1.54, 1.807) is 12.4 Å². The van der Waals surface area contributed by atoms with Crippen molar-refractivity contribution in [3.8, 4) is 5.75 Å². The minimum absolute atomic E-state index is 0. The maximum atomic E-state index is 6.31. The predicted molar refractivity (Wildman–Crippen MR) is 79.2 cm³/mol. The summed E-state index contributed by atoms with van der Waals surface area (Å²) in [6.45, 7) is 1.86. The Bertz CT molecular complexity index is 569. The van der Waals surface area contributed by atoms with E-state index in [0.29, 0.717) is 17.5 Å². The van der Waals surface area contributed by atoms with Crippen molar-refractivity contribution in [3.05, 3.63) is 36.2 Å². The van der Waals surface area contributed by atoms with Crippen LogP contribution in [0.2, 0.25) is 0 Å². The van der Waals surface area contributed by atoms with Crippen molar-refractivity contribution in [1.82, 2.24) is 15.1 Å². The molecule has 3 rings (SSSR count).